The van der Waals surface area contributed by atoms with Gasteiger partial charge in [-0.05, 0) is 18.9 Å². The minimum atomic E-state index is -4.18. The molecule has 1 aliphatic heterocycles. The standard InChI is InChI=1S/C12H14F3N3O/c13-12(14,15)8-2-5-18(6-3-8)11(19)9-7-17-4-1-10(9)16/h1,4,7-8H,2-3,5-6H2,(H2,16,17). The highest BCUT2D eigenvalue weighted by Gasteiger charge is 2.41. The highest BCUT2D eigenvalue weighted by atomic mass is 19.4. The number of anilines is 1. The molecule has 0 unspecified atom stereocenters. The molecule has 2 heterocycles. The Kier molecular flexibility index (Phi) is 3.64. The normalized spacial score (nSPS) is 17.5. The van der Waals surface area contributed by atoms with Crippen LogP contribution < -0.4 is 5.73 Å². The van der Waals surface area contributed by atoms with Crippen molar-refractivity contribution in [3.63, 3.8) is 0 Å². The molecule has 0 radical (unpaired) electrons. The Labute approximate surface area is 108 Å². The van der Waals surface area contributed by atoms with Crippen LogP contribution in [0.1, 0.15) is 23.2 Å². The van der Waals surface area contributed by atoms with Gasteiger partial charge >= 0.3 is 6.18 Å². The zero-order chi connectivity index (χ0) is 14.0. The van der Waals surface area contributed by atoms with E-state index in [2.05, 4.69) is 4.98 Å². The maximum Gasteiger partial charge on any atom is 0.391 e. The number of rotatable bonds is 1. The summed E-state index contributed by atoms with van der Waals surface area (Å²) in [6, 6.07) is 1.50. The van der Waals surface area contributed by atoms with Gasteiger partial charge in [0.25, 0.3) is 5.91 Å². The number of aromatic nitrogens is 1. The van der Waals surface area contributed by atoms with Crippen molar-refractivity contribution in [1.82, 2.24) is 9.88 Å². The summed E-state index contributed by atoms with van der Waals surface area (Å²) in [7, 11) is 0. The van der Waals surface area contributed by atoms with Crippen molar-refractivity contribution in [3.8, 4) is 0 Å². The number of hydrogen-bond donors (Lipinski definition) is 1. The number of nitrogen functional groups attached to an aromatic ring is 1. The van der Waals surface area contributed by atoms with E-state index >= 15 is 0 Å². The van der Waals surface area contributed by atoms with Gasteiger partial charge in [-0.2, -0.15) is 13.2 Å². The molecule has 0 aliphatic carbocycles. The van der Waals surface area contributed by atoms with Crippen molar-refractivity contribution < 1.29 is 18.0 Å². The van der Waals surface area contributed by atoms with Crippen LogP contribution in [-0.4, -0.2) is 35.1 Å². The number of likely N-dealkylation sites (tertiary alicyclic amines) is 1. The maximum atomic E-state index is 12.5. The number of halogens is 3. The number of carbonyl (C=O) groups is 1. The zero-order valence-corrected chi connectivity index (χ0v) is 10.2. The number of carbonyl (C=O) groups excluding carboxylic acids is 1. The van der Waals surface area contributed by atoms with E-state index in [0.29, 0.717) is 0 Å². The summed E-state index contributed by atoms with van der Waals surface area (Å²) >= 11 is 0. The van der Waals surface area contributed by atoms with Crippen LogP contribution in [0.15, 0.2) is 18.5 Å². The molecule has 0 spiro atoms. The number of nitrogens with two attached hydrogens (primary N) is 1. The second-order valence-corrected chi connectivity index (χ2v) is 4.57. The van der Waals surface area contributed by atoms with Crippen LogP contribution in [0.25, 0.3) is 0 Å². The van der Waals surface area contributed by atoms with Gasteiger partial charge in [-0.15, -0.1) is 0 Å². The molecule has 2 N–H and O–H groups in total. The van der Waals surface area contributed by atoms with E-state index in [0.717, 1.165) is 0 Å². The summed E-state index contributed by atoms with van der Waals surface area (Å²) in [5.41, 5.74) is 6.19. The predicted molar refractivity (Wildman–Crippen MR) is 63.3 cm³/mol. The first kappa shape index (κ1) is 13.6. The van der Waals surface area contributed by atoms with Crippen LogP contribution in [0.3, 0.4) is 0 Å². The predicted octanol–water partition coefficient (Wildman–Crippen LogP) is 2.08. The number of piperidine rings is 1. The highest BCUT2D eigenvalue weighted by Crippen LogP contribution is 2.34. The molecule has 2 rings (SSSR count). The third-order valence-electron chi connectivity index (χ3n) is 3.33. The lowest BCUT2D eigenvalue weighted by molar-refractivity contribution is -0.183. The molecule has 7 heteroatoms. The number of nitrogens with zero attached hydrogens (tertiary/aromatic N) is 2. The second-order valence-electron chi connectivity index (χ2n) is 4.57. The lowest BCUT2D eigenvalue weighted by atomic mass is 9.96. The van der Waals surface area contributed by atoms with Crippen molar-refractivity contribution >= 4 is 11.6 Å². The Morgan fingerprint density at radius 1 is 1.37 bits per heavy atom. The fourth-order valence-corrected chi connectivity index (χ4v) is 2.16. The first-order valence-corrected chi connectivity index (χ1v) is 5.95. The van der Waals surface area contributed by atoms with Gasteiger partial charge in [-0.3, -0.25) is 9.78 Å². The average molecular weight is 273 g/mol. The zero-order valence-electron chi connectivity index (χ0n) is 10.2. The molecule has 4 nitrogen and oxygen atoms in total. The van der Waals surface area contributed by atoms with Crippen LogP contribution in [-0.2, 0) is 0 Å². The molecular formula is C12H14F3N3O. The first-order chi connectivity index (χ1) is 8.89. The fourth-order valence-electron chi connectivity index (χ4n) is 2.16. The van der Waals surface area contributed by atoms with Gasteiger partial charge in [-0.1, -0.05) is 0 Å². The van der Waals surface area contributed by atoms with Crippen LogP contribution in [0.4, 0.5) is 18.9 Å². The SMILES string of the molecule is Nc1ccncc1C(=O)N1CCC(C(F)(F)F)CC1. The molecule has 0 saturated carbocycles. The molecule has 1 aromatic heterocycles. The van der Waals surface area contributed by atoms with Gasteiger partial charge in [-0.25, -0.2) is 0 Å². The van der Waals surface area contributed by atoms with Crippen LogP contribution in [0.2, 0.25) is 0 Å². The van der Waals surface area contributed by atoms with Gasteiger partial charge in [0, 0.05) is 31.2 Å². The van der Waals surface area contributed by atoms with E-state index in [1.165, 1.54) is 23.4 Å². The number of alkyl halides is 3. The molecule has 104 valence electrons. The van der Waals surface area contributed by atoms with E-state index in [9.17, 15) is 18.0 Å². The van der Waals surface area contributed by atoms with Gasteiger partial charge in [0.05, 0.1) is 11.5 Å². The Morgan fingerprint density at radius 2 is 2.00 bits per heavy atom. The lowest BCUT2D eigenvalue weighted by Crippen LogP contribution is -2.42. The quantitative estimate of drug-likeness (QED) is 0.852. The van der Waals surface area contributed by atoms with E-state index in [1.54, 1.807) is 0 Å². The summed E-state index contributed by atoms with van der Waals surface area (Å²) in [6.45, 7) is 0.189. The van der Waals surface area contributed by atoms with Gasteiger partial charge in [0.2, 0.25) is 0 Å². The van der Waals surface area contributed by atoms with Gasteiger partial charge in [0.1, 0.15) is 0 Å². The molecule has 1 saturated heterocycles. The summed E-state index contributed by atoms with van der Waals surface area (Å²) in [4.78, 5) is 17.3. The highest BCUT2D eigenvalue weighted by molar-refractivity contribution is 5.98. The van der Waals surface area contributed by atoms with Crippen LogP contribution in [0, 0.1) is 5.92 Å². The van der Waals surface area contributed by atoms with Crippen LogP contribution >= 0.6 is 0 Å². The Balaban J connectivity index is 2.03. The van der Waals surface area contributed by atoms with E-state index in [-0.39, 0.29) is 43.1 Å². The first-order valence-electron chi connectivity index (χ1n) is 5.95. The molecule has 1 aromatic rings. The molecule has 0 bridgehead atoms. The second kappa shape index (κ2) is 5.07. The topological polar surface area (TPSA) is 59.2 Å². The van der Waals surface area contributed by atoms with E-state index in [1.807, 2.05) is 0 Å². The maximum absolute atomic E-state index is 12.5. The molecule has 1 fully saturated rings. The fraction of sp³-hybridized carbons (Fsp3) is 0.500. The largest absolute Gasteiger partial charge is 0.398 e. The molecular weight excluding hydrogens is 259 g/mol. The Bertz CT molecular complexity index is 468. The summed E-state index contributed by atoms with van der Waals surface area (Å²) < 4.78 is 37.6. The monoisotopic (exact) mass is 273 g/mol. The smallest absolute Gasteiger partial charge is 0.391 e. The Hall–Kier alpha value is -1.79. The van der Waals surface area contributed by atoms with Gasteiger partial charge in [0.15, 0.2) is 0 Å². The lowest BCUT2D eigenvalue weighted by Gasteiger charge is -2.33. The Morgan fingerprint density at radius 3 is 2.53 bits per heavy atom. The van der Waals surface area contributed by atoms with Crippen molar-refractivity contribution in [2.45, 2.75) is 19.0 Å². The molecule has 1 aliphatic rings. The van der Waals surface area contributed by atoms with E-state index in [4.69, 9.17) is 5.73 Å². The number of hydrogen-bond acceptors (Lipinski definition) is 3. The minimum absolute atomic E-state index is 0.0601. The van der Waals surface area contributed by atoms with Crippen molar-refractivity contribution in [1.29, 1.82) is 0 Å². The van der Waals surface area contributed by atoms with E-state index < -0.39 is 12.1 Å². The van der Waals surface area contributed by atoms with Crippen molar-refractivity contribution in [3.05, 3.63) is 24.0 Å². The van der Waals surface area contributed by atoms with Crippen molar-refractivity contribution in [2.75, 3.05) is 18.8 Å². The minimum Gasteiger partial charge on any atom is -0.398 e. The molecule has 1 amide bonds. The molecule has 19 heavy (non-hydrogen) atoms. The number of pyridine rings is 1. The van der Waals surface area contributed by atoms with Crippen molar-refractivity contribution in [2.24, 2.45) is 5.92 Å². The van der Waals surface area contributed by atoms with Gasteiger partial charge < -0.3 is 10.6 Å². The summed E-state index contributed by atoms with van der Waals surface area (Å²) in [5, 5.41) is 0. The summed E-state index contributed by atoms with van der Waals surface area (Å²) in [6.07, 6.45) is -1.50. The molecule has 0 atom stereocenters. The third-order valence-corrected chi connectivity index (χ3v) is 3.33. The average Bonchev–Trinajstić information content (AvgIpc) is 2.38. The summed E-state index contributed by atoms with van der Waals surface area (Å²) in [5.74, 6) is -1.67. The van der Waals surface area contributed by atoms with Crippen LogP contribution in [0.5, 0.6) is 0 Å². The number of amides is 1. The third kappa shape index (κ3) is 2.97. The molecule has 0 aromatic carbocycles.